The molecule has 0 atom stereocenters. The van der Waals surface area contributed by atoms with Gasteiger partial charge in [0.2, 0.25) is 0 Å². The van der Waals surface area contributed by atoms with Gasteiger partial charge in [-0.25, -0.2) is 5.43 Å². The van der Waals surface area contributed by atoms with Crippen LogP contribution in [0.2, 0.25) is 0 Å². The van der Waals surface area contributed by atoms with E-state index in [1.807, 2.05) is 66.7 Å². The molecule has 0 saturated carbocycles. The average Bonchev–Trinajstić information content (AvgIpc) is 2.83. The summed E-state index contributed by atoms with van der Waals surface area (Å²) in [5.74, 6) is 0.842. The Labute approximate surface area is 187 Å². The maximum atomic E-state index is 12.7. The summed E-state index contributed by atoms with van der Waals surface area (Å²) in [7, 11) is 1.55. The van der Waals surface area contributed by atoms with Crippen LogP contribution in [0.1, 0.15) is 27.0 Å². The number of methoxy groups -OCH3 is 1. The van der Waals surface area contributed by atoms with Gasteiger partial charge in [-0.15, -0.1) is 0 Å². The summed E-state index contributed by atoms with van der Waals surface area (Å²) in [6.07, 6.45) is 1.58. The second-order valence-corrected chi connectivity index (χ2v) is 7.41. The molecule has 1 amide bonds. The zero-order chi connectivity index (χ0) is 22.3. The quantitative estimate of drug-likeness (QED) is 0.315. The van der Waals surface area contributed by atoms with Crippen LogP contribution >= 0.6 is 0 Å². The molecule has 160 valence electrons. The van der Waals surface area contributed by atoms with Crippen molar-refractivity contribution in [1.82, 2.24) is 5.43 Å². The molecule has 0 radical (unpaired) electrons. The molecule has 0 aliphatic rings. The Balaban J connectivity index is 1.47. The van der Waals surface area contributed by atoms with Gasteiger partial charge in [0.25, 0.3) is 5.91 Å². The molecule has 0 spiro atoms. The number of rotatable bonds is 7. The maximum Gasteiger partial charge on any atom is 0.275 e. The Morgan fingerprint density at radius 2 is 1.59 bits per heavy atom. The molecular weight excluding hydrogens is 400 g/mol. The van der Waals surface area contributed by atoms with Gasteiger partial charge in [0.05, 0.1) is 18.9 Å². The van der Waals surface area contributed by atoms with Crippen LogP contribution in [0, 0.1) is 6.92 Å². The molecule has 4 rings (SSSR count). The summed E-state index contributed by atoms with van der Waals surface area (Å²) in [6, 6.07) is 27.2. The smallest absolute Gasteiger partial charge is 0.275 e. The summed E-state index contributed by atoms with van der Waals surface area (Å²) in [6.45, 7) is 2.50. The third kappa shape index (κ3) is 4.95. The van der Waals surface area contributed by atoms with Gasteiger partial charge in [0.1, 0.15) is 18.1 Å². The summed E-state index contributed by atoms with van der Waals surface area (Å²) < 4.78 is 11.4. The second-order valence-electron chi connectivity index (χ2n) is 7.41. The molecule has 0 heterocycles. The molecule has 4 aromatic rings. The molecular formula is C27H24N2O3. The molecule has 0 bridgehead atoms. The molecule has 4 aromatic carbocycles. The van der Waals surface area contributed by atoms with Crippen LogP contribution in [-0.2, 0) is 6.61 Å². The molecule has 0 aliphatic carbocycles. The number of ether oxygens (including phenoxy) is 2. The molecule has 0 aromatic heterocycles. The minimum absolute atomic E-state index is 0.345. The van der Waals surface area contributed by atoms with E-state index in [9.17, 15) is 4.79 Å². The third-order valence-corrected chi connectivity index (χ3v) is 5.12. The van der Waals surface area contributed by atoms with E-state index in [0.29, 0.717) is 23.7 Å². The van der Waals surface area contributed by atoms with Gasteiger partial charge in [-0.05, 0) is 47.5 Å². The van der Waals surface area contributed by atoms with E-state index >= 15 is 0 Å². The van der Waals surface area contributed by atoms with Crippen molar-refractivity contribution >= 4 is 22.9 Å². The van der Waals surface area contributed by atoms with Crippen LogP contribution in [0.5, 0.6) is 11.5 Å². The number of nitrogens with one attached hydrogen (secondary N) is 1. The lowest BCUT2D eigenvalue weighted by Gasteiger charge is -2.10. The van der Waals surface area contributed by atoms with E-state index in [1.54, 1.807) is 19.4 Å². The molecule has 1 N–H and O–H groups in total. The fourth-order valence-corrected chi connectivity index (χ4v) is 3.35. The number of nitrogens with zero attached hydrogens (tertiary/aromatic N) is 1. The molecule has 5 heteroatoms. The number of carbonyl (C=O) groups is 1. The standard InChI is InChI=1S/C27H24N2O3/c1-19-11-13-20(14-12-19)18-32-25-10-6-5-9-23(25)17-28-29-27(30)24-15-21-7-3-4-8-22(21)16-26(24)31-2/h3-17H,18H2,1-2H3,(H,29,30). The third-order valence-electron chi connectivity index (χ3n) is 5.12. The van der Waals surface area contributed by atoms with E-state index < -0.39 is 0 Å². The highest BCUT2D eigenvalue weighted by atomic mass is 16.5. The maximum absolute atomic E-state index is 12.7. The minimum Gasteiger partial charge on any atom is -0.496 e. The summed E-state index contributed by atoms with van der Waals surface area (Å²) in [4.78, 5) is 12.7. The molecule has 5 nitrogen and oxygen atoms in total. The fourth-order valence-electron chi connectivity index (χ4n) is 3.35. The van der Waals surface area contributed by atoms with Gasteiger partial charge in [0, 0.05) is 5.56 Å². The number of amides is 1. The van der Waals surface area contributed by atoms with E-state index in [1.165, 1.54) is 5.56 Å². The first-order chi connectivity index (χ1) is 15.6. The number of hydrogen-bond donors (Lipinski definition) is 1. The van der Waals surface area contributed by atoms with Gasteiger partial charge in [-0.2, -0.15) is 5.10 Å². The van der Waals surface area contributed by atoms with Gasteiger partial charge < -0.3 is 9.47 Å². The second kappa shape index (κ2) is 9.79. The van der Waals surface area contributed by atoms with Crippen molar-refractivity contribution in [3.8, 4) is 11.5 Å². The number of carbonyl (C=O) groups excluding carboxylic acids is 1. The Kier molecular flexibility index (Phi) is 6.46. The van der Waals surface area contributed by atoms with E-state index in [0.717, 1.165) is 21.9 Å². The lowest BCUT2D eigenvalue weighted by Crippen LogP contribution is -2.18. The Morgan fingerprint density at radius 3 is 2.34 bits per heavy atom. The van der Waals surface area contributed by atoms with Crippen molar-refractivity contribution in [3.63, 3.8) is 0 Å². The number of para-hydroxylation sites is 1. The van der Waals surface area contributed by atoms with E-state index in [-0.39, 0.29) is 5.91 Å². The largest absolute Gasteiger partial charge is 0.496 e. The number of aryl methyl sites for hydroxylation is 1. The molecule has 0 aliphatic heterocycles. The minimum atomic E-state index is -0.345. The Hall–Kier alpha value is -4.12. The monoisotopic (exact) mass is 424 g/mol. The summed E-state index contributed by atoms with van der Waals surface area (Å²) in [5, 5.41) is 6.10. The lowest BCUT2D eigenvalue weighted by atomic mass is 10.1. The van der Waals surface area contributed by atoms with Crippen molar-refractivity contribution in [3.05, 3.63) is 107 Å². The topological polar surface area (TPSA) is 59.9 Å². The van der Waals surface area contributed by atoms with Crippen LogP contribution in [-0.4, -0.2) is 19.2 Å². The highest BCUT2D eigenvalue weighted by Crippen LogP contribution is 2.26. The van der Waals surface area contributed by atoms with Crippen molar-refractivity contribution in [2.45, 2.75) is 13.5 Å². The first-order valence-corrected chi connectivity index (χ1v) is 10.3. The van der Waals surface area contributed by atoms with Crippen LogP contribution in [0.15, 0.2) is 90.0 Å². The van der Waals surface area contributed by atoms with Gasteiger partial charge in [0.15, 0.2) is 0 Å². The van der Waals surface area contributed by atoms with Crippen molar-refractivity contribution < 1.29 is 14.3 Å². The normalized spacial score (nSPS) is 10.9. The number of fused-ring (bicyclic) bond motifs is 1. The van der Waals surface area contributed by atoms with Gasteiger partial charge in [-0.1, -0.05) is 66.2 Å². The zero-order valence-electron chi connectivity index (χ0n) is 18.0. The lowest BCUT2D eigenvalue weighted by molar-refractivity contribution is 0.0952. The highest BCUT2D eigenvalue weighted by molar-refractivity contribution is 6.02. The molecule has 0 saturated heterocycles. The van der Waals surface area contributed by atoms with Crippen molar-refractivity contribution in [2.24, 2.45) is 5.10 Å². The number of hydrogen-bond acceptors (Lipinski definition) is 4. The Bertz CT molecular complexity index is 1260. The zero-order valence-corrected chi connectivity index (χ0v) is 18.0. The van der Waals surface area contributed by atoms with Crippen LogP contribution in [0.25, 0.3) is 10.8 Å². The van der Waals surface area contributed by atoms with Gasteiger partial charge >= 0.3 is 0 Å². The van der Waals surface area contributed by atoms with Crippen molar-refractivity contribution in [1.29, 1.82) is 0 Å². The molecule has 0 unspecified atom stereocenters. The van der Waals surface area contributed by atoms with Crippen molar-refractivity contribution in [2.75, 3.05) is 7.11 Å². The highest BCUT2D eigenvalue weighted by Gasteiger charge is 2.13. The molecule has 0 fully saturated rings. The van der Waals surface area contributed by atoms with Crippen LogP contribution in [0.3, 0.4) is 0 Å². The fraction of sp³-hybridized carbons (Fsp3) is 0.111. The predicted molar refractivity (Wildman–Crippen MR) is 128 cm³/mol. The Morgan fingerprint density at radius 1 is 0.906 bits per heavy atom. The number of hydrazone groups is 1. The SMILES string of the molecule is COc1cc2ccccc2cc1C(=O)NN=Cc1ccccc1OCc1ccc(C)cc1. The number of benzene rings is 4. The average molecular weight is 425 g/mol. The molecule has 32 heavy (non-hydrogen) atoms. The first kappa shape index (κ1) is 21.1. The first-order valence-electron chi connectivity index (χ1n) is 10.3. The predicted octanol–water partition coefficient (Wildman–Crippen LogP) is 5.50. The van der Waals surface area contributed by atoms with Crippen LogP contribution < -0.4 is 14.9 Å². The van der Waals surface area contributed by atoms with Crippen LogP contribution in [0.4, 0.5) is 0 Å². The summed E-state index contributed by atoms with van der Waals surface area (Å²) in [5.41, 5.74) is 6.07. The van der Waals surface area contributed by atoms with Gasteiger partial charge in [-0.3, -0.25) is 4.79 Å². The van der Waals surface area contributed by atoms with E-state index in [2.05, 4.69) is 29.6 Å². The summed E-state index contributed by atoms with van der Waals surface area (Å²) >= 11 is 0. The van der Waals surface area contributed by atoms with E-state index in [4.69, 9.17) is 9.47 Å².